The third-order valence-electron chi connectivity index (χ3n) is 11.1. The average molecular weight is 977 g/mol. The van der Waals surface area contributed by atoms with Crippen molar-refractivity contribution in [3.63, 3.8) is 0 Å². The number of nitrogens with zero attached hydrogens (tertiary/aromatic N) is 2. The molecule has 1 aliphatic rings. The Balaban J connectivity index is 2.25. The predicted molar refractivity (Wildman–Crippen MR) is 251 cm³/mol. The van der Waals surface area contributed by atoms with Crippen molar-refractivity contribution in [2.75, 3.05) is 25.1 Å². The number of nitrogens with two attached hydrogens (primary N) is 4. The Hall–Kier alpha value is -6.50. The highest BCUT2D eigenvalue weighted by atomic mass is 32.2. The Morgan fingerprint density at radius 1 is 0.779 bits per heavy atom. The molecule has 0 unspecified atom stereocenters. The maximum Gasteiger partial charge on any atom is 0.326 e. The lowest BCUT2D eigenvalue weighted by molar-refractivity contribution is -0.144. The Kier molecular flexibility index (Phi) is 24.8. The van der Waals surface area contributed by atoms with Gasteiger partial charge in [-0.05, 0) is 68.9 Å². The molecular formula is C43H68N12O12S. The first kappa shape index (κ1) is 57.6. The van der Waals surface area contributed by atoms with Crippen LogP contribution in [0.25, 0.3) is 0 Å². The zero-order valence-electron chi connectivity index (χ0n) is 38.9. The van der Waals surface area contributed by atoms with Gasteiger partial charge in [0.05, 0.1) is 12.5 Å². The van der Waals surface area contributed by atoms with Crippen LogP contribution in [0.1, 0.15) is 84.1 Å². The van der Waals surface area contributed by atoms with E-state index >= 15 is 0 Å². The topological polar surface area (TPSA) is 403 Å². The van der Waals surface area contributed by atoms with Gasteiger partial charge >= 0.3 is 11.9 Å². The molecule has 1 fully saturated rings. The van der Waals surface area contributed by atoms with E-state index in [9.17, 15) is 58.2 Å². The van der Waals surface area contributed by atoms with Crippen molar-refractivity contribution in [3.8, 4) is 0 Å². The number of hydrogen-bond acceptors (Lipinski definition) is 13. The standard InChI is InChI=1S/C43H68N12O12S/c1-5-23(2)34(40(64)50-27(15-16-32(45)56)37(61)49-24(3)35(59)53-30(42(66)67)21-25-11-7-6-8-12-25)54-39(63)31-14-10-19-55(31)41(65)28(17-20-68-4)51-38(62)29(22-33(57)58)52-36(60)26(44)13-9-18-48-43(46)47/h6-8,11-12,23-24,26-31,34H,5,9-10,13-22,44H2,1-4H3,(H2,45,56)(H,49,61)(H,50,64)(H,51,62)(H,52,60)(H,53,59)(H,54,63)(H,57,58)(H,66,67)(H4,46,47,48)/t23-,24-,26-,27-,28-,29-,30-,31-,34-/m0/s1. The summed E-state index contributed by atoms with van der Waals surface area (Å²) in [7, 11) is 0. The summed E-state index contributed by atoms with van der Waals surface area (Å²) in [6.07, 6.45) is 1.61. The lowest BCUT2D eigenvalue weighted by Gasteiger charge is -2.32. The summed E-state index contributed by atoms with van der Waals surface area (Å²) in [6.45, 7) is 5.00. The molecule has 1 aromatic carbocycles. The number of hydrogen-bond donors (Lipinski definition) is 12. The first-order valence-corrected chi connectivity index (χ1v) is 23.7. The van der Waals surface area contributed by atoms with Crippen molar-refractivity contribution in [2.24, 2.45) is 33.8 Å². The molecule has 378 valence electrons. The molecule has 9 atom stereocenters. The van der Waals surface area contributed by atoms with Gasteiger partial charge in [0.25, 0.3) is 0 Å². The second-order valence-corrected chi connectivity index (χ2v) is 17.5. The van der Waals surface area contributed by atoms with Gasteiger partial charge in [-0.2, -0.15) is 11.8 Å². The van der Waals surface area contributed by atoms with E-state index in [0.717, 1.165) is 0 Å². The molecule has 1 saturated heterocycles. The Morgan fingerprint density at radius 2 is 1.40 bits per heavy atom. The van der Waals surface area contributed by atoms with Crippen molar-refractivity contribution in [3.05, 3.63) is 35.9 Å². The number of carbonyl (C=O) groups is 10. The molecule has 0 saturated carbocycles. The van der Waals surface area contributed by atoms with Crippen LogP contribution in [0.4, 0.5) is 0 Å². The van der Waals surface area contributed by atoms with Gasteiger partial charge in [0, 0.05) is 25.9 Å². The summed E-state index contributed by atoms with van der Waals surface area (Å²) in [6, 6.07) is -1.93. The molecule has 1 aliphatic heterocycles. The second kappa shape index (κ2) is 29.3. The average Bonchev–Trinajstić information content (AvgIpc) is 3.79. The van der Waals surface area contributed by atoms with Gasteiger partial charge in [0.15, 0.2) is 5.96 Å². The number of carboxylic acid groups (broad SMARTS) is 2. The van der Waals surface area contributed by atoms with Gasteiger partial charge in [-0.1, -0.05) is 50.6 Å². The minimum absolute atomic E-state index is 0.0396. The Bertz CT molecular complexity index is 1960. The van der Waals surface area contributed by atoms with Crippen LogP contribution in [0.2, 0.25) is 0 Å². The largest absolute Gasteiger partial charge is 0.481 e. The molecule has 68 heavy (non-hydrogen) atoms. The summed E-state index contributed by atoms with van der Waals surface area (Å²) in [5.41, 5.74) is 22.6. The third kappa shape index (κ3) is 19.8. The minimum atomic E-state index is -1.62. The van der Waals surface area contributed by atoms with E-state index in [-0.39, 0.29) is 57.6 Å². The van der Waals surface area contributed by atoms with E-state index in [1.165, 1.54) is 23.6 Å². The SMILES string of the molecule is CC[C@H](C)[C@H](NC(=O)[C@@H]1CCCN1C(=O)[C@H](CCSC)NC(=O)[C@H](CC(=O)O)NC(=O)[C@@H](N)CCCN=C(N)N)C(=O)N[C@@H](CCC(N)=O)C(=O)N[C@@H](C)C(=O)N[C@@H](Cc1ccccc1)C(=O)O. The fraction of sp³-hybridized carbons (Fsp3) is 0.605. The first-order chi connectivity index (χ1) is 32.1. The van der Waals surface area contributed by atoms with E-state index in [0.29, 0.717) is 30.6 Å². The number of carboxylic acids is 2. The van der Waals surface area contributed by atoms with Gasteiger partial charge in [-0.15, -0.1) is 0 Å². The lowest BCUT2D eigenvalue weighted by atomic mass is 9.96. The van der Waals surface area contributed by atoms with Gasteiger partial charge < -0.3 is 69.9 Å². The van der Waals surface area contributed by atoms with Gasteiger partial charge in [0.2, 0.25) is 47.3 Å². The molecule has 8 amide bonds. The van der Waals surface area contributed by atoms with Crippen LogP contribution in [-0.4, -0.2) is 154 Å². The highest BCUT2D eigenvalue weighted by Crippen LogP contribution is 2.21. The van der Waals surface area contributed by atoms with Gasteiger partial charge in [0.1, 0.15) is 42.3 Å². The van der Waals surface area contributed by atoms with E-state index in [1.807, 2.05) is 0 Å². The molecule has 1 heterocycles. The zero-order chi connectivity index (χ0) is 51.1. The predicted octanol–water partition coefficient (Wildman–Crippen LogP) is -2.85. The van der Waals surface area contributed by atoms with Crippen LogP contribution < -0.4 is 54.8 Å². The van der Waals surface area contributed by atoms with Crippen molar-refractivity contribution < 1.29 is 58.2 Å². The van der Waals surface area contributed by atoms with Crippen LogP contribution in [0.3, 0.4) is 0 Å². The smallest absolute Gasteiger partial charge is 0.326 e. The van der Waals surface area contributed by atoms with Crippen molar-refractivity contribution >= 4 is 76.9 Å². The molecule has 0 radical (unpaired) electrons. The monoisotopic (exact) mass is 976 g/mol. The summed E-state index contributed by atoms with van der Waals surface area (Å²) < 4.78 is 0. The first-order valence-electron chi connectivity index (χ1n) is 22.3. The van der Waals surface area contributed by atoms with E-state index < -0.39 is 120 Å². The quantitative estimate of drug-likeness (QED) is 0.0210. The molecule has 16 N–H and O–H groups in total. The molecule has 2 rings (SSSR count). The lowest BCUT2D eigenvalue weighted by Crippen LogP contribution is -2.60. The number of benzene rings is 1. The second-order valence-electron chi connectivity index (χ2n) is 16.5. The van der Waals surface area contributed by atoms with Gasteiger partial charge in [-0.25, -0.2) is 4.79 Å². The number of guanidine groups is 1. The van der Waals surface area contributed by atoms with E-state index in [1.54, 1.807) is 50.4 Å². The molecule has 24 nitrogen and oxygen atoms in total. The Labute approximate surface area is 399 Å². The highest BCUT2D eigenvalue weighted by Gasteiger charge is 2.41. The maximum atomic E-state index is 14.2. The zero-order valence-corrected chi connectivity index (χ0v) is 39.7. The van der Waals surface area contributed by atoms with Crippen LogP contribution in [0.15, 0.2) is 35.3 Å². The Morgan fingerprint density at radius 3 is 1.99 bits per heavy atom. The molecule has 0 aromatic heterocycles. The van der Waals surface area contributed by atoms with Crippen molar-refractivity contribution in [1.29, 1.82) is 0 Å². The summed E-state index contributed by atoms with van der Waals surface area (Å²) >= 11 is 1.36. The summed E-state index contributed by atoms with van der Waals surface area (Å²) in [4.78, 5) is 136. The minimum Gasteiger partial charge on any atom is -0.481 e. The fourth-order valence-corrected chi connectivity index (χ4v) is 7.55. The molecule has 0 aliphatic carbocycles. The molecule has 25 heteroatoms. The maximum absolute atomic E-state index is 14.2. The molecule has 0 spiro atoms. The molecule has 0 bridgehead atoms. The normalized spacial score (nSPS) is 16.7. The highest BCUT2D eigenvalue weighted by molar-refractivity contribution is 7.98. The number of carbonyl (C=O) groups excluding carboxylic acids is 8. The number of amides is 8. The van der Waals surface area contributed by atoms with Crippen LogP contribution >= 0.6 is 11.8 Å². The van der Waals surface area contributed by atoms with Crippen LogP contribution in [0.5, 0.6) is 0 Å². The molecule has 1 aromatic rings. The number of nitrogens with one attached hydrogen (secondary N) is 6. The van der Waals surface area contributed by atoms with Crippen molar-refractivity contribution in [1.82, 2.24) is 36.8 Å². The van der Waals surface area contributed by atoms with Gasteiger partial charge in [-0.3, -0.25) is 48.1 Å². The van der Waals surface area contributed by atoms with Crippen molar-refractivity contribution in [2.45, 2.75) is 133 Å². The number of primary amides is 1. The molecular weight excluding hydrogens is 909 g/mol. The van der Waals surface area contributed by atoms with E-state index in [4.69, 9.17) is 22.9 Å². The third-order valence-corrected chi connectivity index (χ3v) is 11.8. The number of rotatable bonds is 30. The fourth-order valence-electron chi connectivity index (χ4n) is 7.08. The summed E-state index contributed by atoms with van der Waals surface area (Å²) in [5, 5.41) is 34.3. The number of thioether (sulfide) groups is 1. The van der Waals surface area contributed by atoms with E-state index in [2.05, 4.69) is 36.9 Å². The summed E-state index contributed by atoms with van der Waals surface area (Å²) in [5.74, 6) is -9.60. The number of aliphatic carboxylic acids is 2. The van der Waals surface area contributed by atoms with Crippen LogP contribution in [-0.2, 0) is 54.4 Å². The van der Waals surface area contributed by atoms with Crippen LogP contribution in [0, 0.1) is 5.92 Å². The number of likely N-dealkylation sites (tertiary alicyclic amines) is 1. The number of aliphatic imine (C=N–C) groups is 1.